The summed E-state index contributed by atoms with van der Waals surface area (Å²) in [5.74, 6) is 6.72. The van der Waals surface area contributed by atoms with Crippen molar-refractivity contribution in [3.8, 4) is 23.3 Å². The minimum Gasteiger partial charge on any atom is -0.493 e. The molecule has 0 saturated carbocycles. The molecule has 0 aromatic heterocycles. The molecule has 0 radical (unpaired) electrons. The van der Waals surface area contributed by atoms with Crippen LogP contribution in [0.25, 0.3) is 0 Å². The van der Waals surface area contributed by atoms with E-state index in [0.717, 1.165) is 6.29 Å². The van der Waals surface area contributed by atoms with Gasteiger partial charge >= 0.3 is 0 Å². The number of carbonyl (C=O) groups is 1. The Balaban J connectivity index is 2.81. The van der Waals surface area contributed by atoms with Crippen molar-refractivity contribution in [1.29, 1.82) is 0 Å². The van der Waals surface area contributed by atoms with Gasteiger partial charge in [-0.15, -0.1) is 11.8 Å². The Hall–Kier alpha value is -1.95. The first-order valence-corrected chi connectivity index (χ1v) is 4.98. The Bertz CT molecular complexity index is 413. The first kappa shape index (κ1) is 12.1. The molecule has 3 nitrogen and oxygen atoms in total. The number of benzene rings is 1. The summed E-state index contributed by atoms with van der Waals surface area (Å²) in [5, 5.41) is 0. The molecule has 0 aliphatic carbocycles. The van der Waals surface area contributed by atoms with Crippen LogP contribution in [0.3, 0.4) is 0 Å². The monoisotopic (exact) mass is 218 g/mol. The molecule has 1 aromatic carbocycles. The first-order chi connectivity index (χ1) is 7.83. The molecule has 0 aliphatic heterocycles. The largest absolute Gasteiger partial charge is 0.493 e. The van der Waals surface area contributed by atoms with Gasteiger partial charge in [0.15, 0.2) is 17.8 Å². The quantitative estimate of drug-likeness (QED) is 0.432. The minimum atomic E-state index is 0.446. The standard InChI is InChI=1S/C13H14O3/c1-3-4-5-9-16-13-11(10-14)7-6-8-12(13)15-2/h6-8,10H,5,9H2,1-2H3. The predicted octanol–water partition coefficient (Wildman–Crippen LogP) is 2.30. The number of ether oxygens (including phenoxy) is 2. The van der Waals surface area contributed by atoms with Gasteiger partial charge in [0.1, 0.15) is 0 Å². The van der Waals surface area contributed by atoms with Crippen molar-refractivity contribution < 1.29 is 14.3 Å². The van der Waals surface area contributed by atoms with E-state index in [9.17, 15) is 4.79 Å². The molecule has 0 fully saturated rings. The van der Waals surface area contributed by atoms with Crippen molar-refractivity contribution in [3.63, 3.8) is 0 Å². The van der Waals surface area contributed by atoms with E-state index in [0.29, 0.717) is 30.1 Å². The molecule has 1 rings (SSSR count). The third-order valence-corrected chi connectivity index (χ3v) is 2.01. The molecule has 0 atom stereocenters. The number of methoxy groups -OCH3 is 1. The molecule has 0 unspecified atom stereocenters. The fourth-order valence-corrected chi connectivity index (χ4v) is 1.27. The maximum atomic E-state index is 10.8. The summed E-state index contributed by atoms with van der Waals surface area (Å²) in [6.45, 7) is 2.22. The van der Waals surface area contributed by atoms with Crippen molar-refractivity contribution >= 4 is 6.29 Å². The predicted molar refractivity (Wildman–Crippen MR) is 61.9 cm³/mol. The average Bonchev–Trinajstić information content (AvgIpc) is 2.34. The molecule has 3 heteroatoms. The van der Waals surface area contributed by atoms with E-state index in [1.807, 2.05) is 0 Å². The second-order valence-corrected chi connectivity index (χ2v) is 3.02. The Morgan fingerprint density at radius 3 is 2.88 bits per heavy atom. The highest BCUT2D eigenvalue weighted by Crippen LogP contribution is 2.29. The molecule has 0 amide bonds. The van der Waals surface area contributed by atoms with Crippen LogP contribution in [0.5, 0.6) is 11.5 Å². The van der Waals surface area contributed by atoms with Crippen molar-refractivity contribution in [3.05, 3.63) is 23.8 Å². The zero-order valence-electron chi connectivity index (χ0n) is 9.45. The summed E-state index contributed by atoms with van der Waals surface area (Å²) in [5.41, 5.74) is 0.490. The van der Waals surface area contributed by atoms with Crippen LogP contribution in [0.4, 0.5) is 0 Å². The molecule has 0 heterocycles. The smallest absolute Gasteiger partial charge is 0.171 e. The van der Waals surface area contributed by atoms with Gasteiger partial charge in [-0.1, -0.05) is 6.07 Å². The zero-order chi connectivity index (χ0) is 11.8. The molecule has 0 aliphatic rings. The average molecular weight is 218 g/mol. The Labute approximate surface area is 95.4 Å². The lowest BCUT2D eigenvalue weighted by atomic mass is 10.2. The third-order valence-electron chi connectivity index (χ3n) is 2.01. The van der Waals surface area contributed by atoms with E-state index in [1.165, 1.54) is 0 Å². The lowest BCUT2D eigenvalue weighted by Crippen LogP contribution is -2.01. The summed E-state index contributed by atoms with van der Waals surface area (Å²) >= 11 is 0. The van der Waals surface area contributed by atoms with Crippen LogP contribution >= 0.6 is 0 Å². The lowest BCUT2D eigenvalue weighted by Gasteiger charge is -2.11. The van der Waals surface area contributed by atoms with E-state index in [2.05, 4.69) is 11.8 Å². The van der Waals surface area contributed by atoms with Crippen LogP contribution in [-0.2, 0) is 0 Å². The van der Waals surface area contributed by atoms with Crippen LogP contribution < -0.4 is 9.47 Å². The summed E-state index contributed by atoms with van der Waals surface area (Å²) in [4.78, 5) is 10.8. The van der Waals surface area contributed by atoms with Gasteiger partial charge in [-0.2, -0.15) is 0 Å². The number of rotatable bonds is 5. The van der Waals surface area contributed by atoms with Crippen molar-refractivity contribution in [2.45, 2.75) is 13.3 Å². The first-order valence-electron chi connectivity index (χ1n) is 4.98. The van der Waals surface area contributed by atoms with Crippen LogP contribution in [0.1, 0.15) is 23.7 Å². The molecular formula is C13H14O3. The van der Waals surface area contributed by atoms with E-state index in [1.54, 1.807) is 32.2 Å². The van der Waals surface area contributed by atoms with Crippen molar-refractivity contribution in [1.82, 2.24) is 0 Å². The summed E-state index contributed by atoms with van der Waals surface area (Å²) in [7, 11) is 1.54. The van der Waals surface area contributed by atoms with Crippen molar-refractivity contribution in [2.24, 2.45) is 0 Å². The fourth-order valence-electron chi connectivity index (χ4n) is 1.27. The number of para-hydroxylation sites is 1. The highest BCUT2D eigenvalue weighted by molar-refractivity contribution is 5.81. The Morgan fingerprint density at radius 1 is 1.44 bits per heavy atom. The maximum absolute atomic E-state index is 10.8. The molecular weight excluding hydrogens is 204 g/mol. The van der Waals surface area contributed by atoms with Crippen LogP contribution in [-0.4, -0.2) is 20.0 Å². The molecule has 16 heavy (non-hydrogen) atoms. The summed E-state index contributed by atoms with van der Waals surface area (Å²) < 4.78 is 10.6. The van der Waals surface area contributed by atoms with E-state index in [4.69, 9.17) is 9.47 Å². The summed E-state index contributed by atoms with van der Waals surface area (Å²) in [6, 6.07) is 5.20. The SMILES string of the molecule is CC#CCCOc1c(C=O)cccc1OC. The number of carbonyl (C=O) groups excluding carboxylic acids is 1. The molecule has 84 valence electrons. The lowest BCUT2D eigenvalue weighted by molar-refractivity contribution is 0.111. The van der Waals surface area contributed by atoms with Crippen LogP contribution in [0.15, 0.2) is 18.2 Å². The number of hydrogen-bond donors (Lipinski definition) is 0. The maximum Gasteiger partial charge on any atom is 0.171 e. The van der Waals surface area contributed by atoms with Gasteiger partial charge in [0.25, 0.3) is 0 Å². The van der Waals surface area contributed by atoms with Crippen LogP contribution in [0.2, 0.25) is 0 Å². The van der Waals surface area contributed by atoms with E-state index >= 15 is 0 Å². The highest BCUT2D eigenvalue weighted by Gasteiger charge is 2.09. The zero-order valence-corrected chi connectivity index (χ0v) is 9.45. The van der Waals surface area contributed by atoms with Gasteiger partial charge in [0.2, 0.25) is 0 Å². The Morgan fingerprint density at radius 2 is 2.25 bits per heavy atom. The highest BCUT2D eigenvalue weighted by atomic mass is 16.5. The Kier molecular flexibility index (Phi) is 4.94. The molecule has 1 aromatic rings. The number of hydrogen-bond acceptors (Lipinski definition) is 3. The normalized spacial score (nSPS) is 8.88. The molecule has 0 saturated heterocycles. The van der Waals surface area contributed by atoms with Gasteiger partial charge in [0.05, 0.1) is 19.3 Å². The molecule has 0 bridgehead atoms. The third kappa shape index (κ3) is 3.03. The van der Waals surface area contributed by atoms with Gasteiger partial charge in [-0.05, 0) is 19.1 Å². The van der Waals surface area contributed by atoms with E-state index < -0.39 is 0 Å². The summed E-state index contributed by atoms with van der Waals surface area (Å²) in [6.07, 6.45) is 1.39. The number of aldehydes is 1. The second kappa shape index (κ2) is 6.52. The fraction of sp³-hybridized carbons (Fsp3) is 0.308. The van der Waals surface area contributed by atoms with Gasteiger partial charge in [-0.3, -0.25) is 4.79 Å². The van der Waals surface area contributed by atoms with Gasteiger partial charge in [-0.25, -0.2) is 0 Å². The van der Waals surface area contributed by atoms with Gasteiger partial charge < -0.3 is 9.47 Å². The molecule has 0 N–H and O–H groups in total. The van der Waals surface area contributed by atoms with Gasteiger partial charge in [0, 0.05) is 6.42 Å². The molecule has 0 spiro atoms. The van der Waals surface area contributed by atoms with Crippen molar-refractivity contribution in [2.75, 3.05) is 13.7 Å². The van der Waals surface area contributed by atoms with E-state index in [-0.39, 0.29) is 0 Å². The second-order valence-electron chi connectivity index (χ2n) is 3.02. The van der Waals surface area contributed by atoms with Crippen LogP contribution in [0, 0.1) is 11.8 Å². The topological polar surface area (TPSA) is 35.5 Å². The minimum absolute atomic E-state index is 0.446.